The van der Waals surface area contributed by atoms with Crippen molar-refractivity contribution in [2.75, 3.05) is 39.8 Å². The van der Waals surface area contributed by atoms with E-state index in [2.05, 4.69) is 240 Å². The van der Waals surface area contributed by atoms with E-state index in [9.17, 15) is 4.79 Å². The number of hydrogen-bond donors (Lipinski definition) is 4. The Labute approximate surface area is 707 Å². The standard InChI is InChI=1S/C81H146B3N8O17Si7/c1-53-48-91(67(68(53)109-116(33,34)81(19,20)21)74(98)92(83-51-102-83)84-52-103-84)73(97)65(55(3)105-112(25,26)77(7,8)9)87-71(95)66(62(108-115(31,32)80(16,17)18)46-56-41-43-58(44-42-56)106-113(27,28)78(10,11)12)88-70(94)61-47-59(107-114(29,30)79(13,14)15)49-90(61)72(96)64(54(2)104-111(23,24)76(4,5)6)86-69(93)60(89-82-100-22)39-37-45-85-75(99)101-50-57-38-35-36-40-63(57)110/h35-36,38,40-44,53-55,59-62,64-68H,37,39,45-52H2,1-34H3,(H,85,99)(H,86,93)(H,87,95)(H,88,94). The van der Waals surface area contributed by atoms with E-state index in [1.54, 1.807) is 23.5 Å². The number of nitrogens with zero attached hydrogens (tertiary/aromatic N) is 4. The van der Waals surface area contributed by atoms with Gasteiger partial charge in [0.05, 0.1) is 25.2 Å². The summed E-state index contributed by atoms with van der Waals surface area (Å²) < 4.78 is 67.3. The van der Waals surface area contributed by atoms with Crippen LogP contribution in [-0.4, -0.2) is 244 Å². The van der Waals surface area contributed by atoms with Crippen molar-refractivity contribution in [1.29, 1.82) is 0 Å². The number of rotatable bonds is 36. The number of nitrogens with one attached hydrogen (secondary N) is 4. The first-order valence-corrected chi connectivity index (χ1v) is 59.7. The zero-order valence-electron chi connectivity index (χ0n) is 77.1. The Morgan fingerprint density at radius 1 is 0.603 bits per heavy atom. The molecule has 4 fully saturated rings. The van der Waals surface area contributed by atoms with Gasteiger partial charge in [-0.2, -0.15) is 0 Å². The summed E-state index contributed by atoms with van der Waals surface area (Å²) in [6, 6.07) is 6.93. The summed E-state index contributed by atoms with van der Waals surface area (Å²) in [4.78, 5) is 119. The van der Waals surface area contributed by atoms with E-state index in [-0.39, 0.29) is 88.9 Å². The molecule has 4 aliphatic heterocycles. The second-order valence-corrected chi connectivity index (χ2v) is 70.9. The summed E-state index contributed by atoms with van der Waals surface area (Å²) in [7, 11) is -11.4. The maximum absolute atomic E-state index is 17.0. The molecule has 116 heavy (non-hydrogen) atoms. The first-order valence-electron chi connectivity index (χ1n) is 41.8. The second-order valence-electron chi connectivity index (χ2n) is 41.9. The Kier molecular flexibility index (Phi) is 33.2. The second kappa shape index (κ2) is 38.4. The van der Waals surface area contributed by atoms with Gasteiger partial charge < -0.3 is 42.0 Å². The van der Waals surface area contributed by atoms with Crippen LogP contribution in [0.3, 0.4) is 0 Å². The van der Waals surface area contributed by atoms with Gasteiger partial charge in [0.1, 0.15) is 17.8 Å². The third-order valence-corrected chi connectivity index (χ3v) is 53.9. The molecule has 4 aliphatic rings. The molecule has 4 saturated heterocycles. The fraction of sp³-hybridized carbons (Fsp3) is 0.765. The first kappa shape index (κ1) is 100. The van der Waals surface area contributed by atoms with Gasteiger partial charge in [-0.25, -0.2) is 0 Å². The topological polar surface area (TPSA) is 289 Å². The third kappa shape index (κ3) is 26.0. The zero-order valence-corrected chi connectivity index (χ0v) is 84.1. The molecule has 0 saturated carbocycles. The molecule has 6 rings (SSSR count). The molecule has 649 valence electrons. The number of hydrogen-bond acceptors (Lipinski definition) is 18. The fourth-order valence-electron chi connectivity index (χ4n) is 12.7. The molecule has 35 heteroatoms. The molecule has 0 aromatic heterocycles. The number of carbonyl (C=O) groups is 7. The molecule has 0 aliphatic carbocycles. The molecule has 0 bridgehead atoms. The van der Waals surface area contributed by atoms with Crippen molar-refractivity contribution < 1.29 is 78.8 Å². The van der Waals surface area contributed by atoms with Crippen molar-refractivity contribution in [3.63, 3.8) is 0 Å². The quantitative estimate of drug-likeness (QED) is 0.0280. The Morgan fingerprint density at radius 2 is 1.07 bits per heavy atom. The average molecular weight is 1730 g/mol. The number of amides is 7. The normalized spacial score (nSPS) is 20.7. The van der Waals surface area contributed by atoms with Gasteiger partial charge in [-0.3, -0.25) is 14.4 Å². The van der Waals surface area contributed by atoms with E-state index in [4.69, 9.17) is 45.3 Å². The van der Waals surface area contributed by atoms with Crippen molar-refractivity contribution in [3.8, 4) is 5.75 Å². The average Bonchev–Trinajstić information content (AvgIpc) is 1.59. The number of likely N-dealkylation sites (tertiary alicyclic amines) is 2. The summed E-state index contributed by atoms with van der Waals surface area (Å²) in [5.74, 6) is -3.46. The Balaban J connectivity index is 1.56. The number of alkyl carbamates (subject to hydrolysis) is 1. The van der Waals surface area contributed by atoms with Gasteiger partial charge >= 0.3 is 323 Å². The van der Waals surface area contributed by atoms with Crippen LogP contribution in [0.1, 0.15) is 176 Å². The Hall–Kier alpha value is -4.64. The predicted molar refractivity (Wildman–Crippen MR) is 479 cm³/mol. The van der Waals surface area contributed by atoms with Gasteiger partial charge in [0.2, 0.25) is 20.1 Å². The van der Waals surface area contributed by atoms with Crippen LogP contribution in [0.25, 0.3) is 0 Å². The van der Waals surface area contributed by atoms with E-state index in [1.165, 1.54) is 12.0 Å². The van der Waals surface area contributed by atoms with Crippen LogP contribution in [0.5, 0.6) is 5.75 Å². The Bertz CT molecular complexity index is 3730. The van der Waals surface area contributed by atoms with Crippen molar-refractivity contribution >= 4 is 128 Å². The monoisotopic (exact) mass is 1730 g/mol. The molecule has 4 N–H and O–H groups in total. The summed E-state index contributed by atoms with van der Waals surface area (Å²) in [5.41, 5.74) is 1.53. The summed E-state index contributed by atoms with van der Waals surface area (Å²) in [6.45, 7) is 69.6. The Morgan fingerprint density at radius 3 is 1.54 bits per heavy atom. The van der Waals surface area contributed by atoms with Gasteiger partial charge in [0, 0.05) is 12.5 Å². The van der Waals surface area contributed by atoms with Crippen LogP contribution < -0.4 is 30.9 Å². The molecule has 2 aromatic rings. The molecule has 2 aromatic carbocycles. The van der Waals surface area contributed by atoms with Gasteiger partial charge in [-0.15, -0.1) is 0 Å². The van der Waals surface area contributed by atoms with Crippen molar-refractivity contribution in [2.24, 2.45) is 10.8 Å². The zero-order chi connectivity index (χ0) is 88.2. The number of ether oxygens (including phenoxy) is 1. The van der Waals surface area contributed by atoms with Gasteiger partial charge in [0.15, 0.2) is 25.0 Å². The SMILES string of the molecule is COB=NC(CCCNC(=O)OCc1ccccc1[Si])C(=O)NC(C(=O)N1CC(O[Si](C)(C)C(C)(C)C)CC1C(=O)NC(C(=O)NC(C(=O)N1CC(C)C(O[Si](C)(C)C(C)(C)C)C1C(=O)N(B1CO1)B1CO1)C(C)O[Si](C)(C)C(C)(C)C)C(Cc1ccc(O[Si](C)(C)C(C)(C)C)cc1)O[Si](C)(C)C(C)(C)C)C(C)O[Si](C)(C)C(C)(C)C. The molecule has 7 amide bonds. The van der Waals surface area contributed by atoms with Crippen molar-refractivity contribution in [2.45, 2.75) is 353 Å². The third-order valence-electron chi connectivity index (χ3n) is 26.4. The fourth-order valence-corrected chi connectivity index (χ4v) is 20.9. The van der Waals surface area contributed by atoms with E-state index >= 15 is 28.8 Å². The molecular formula is C81H146B3N8O17Si7. The van der Waals surface area contributed by atoms with Crippen LogP contribution >= 0.6 is 0 Å². The van der Waals surface area contributed by atoms with E-state index < -0.39 is 171 Å². The van der Waals surface area contributed by atoms with Gasteiger partial charge in [0.25, 0.3) is 0 Å². The van der Waals surface area contributed by atoms with Crippen molar-refractivity contribution in [1.82, 2.24) is 35.8 Å². The minimum absolute atomic E-state index is 0.0211. The van der Waals surface area contributed by atoms with Crippen LogP contribution in [0, 0.1) is 5.92 Å². The summed E-state index contributed by atoms with van der Waals surface area (Å²) in [5, 5.41) is 11.2. The molecule has 4 heterocycles. The minimum atomic E-state index is -3.03. The predicted octanol–water partition coefficient (Wildman–Crippen LogP) is 12.8. The number of carbonyl (C=O) groups excluding carboxylic acids is 7. The van der Waals surface area contributed by atoms with Gasteiger partial charge in [-0.05, 0) is 104 Å². The maximum atomic E-state index is 17.0. The van der Waals surface area contributed by atoms with Crippen LogP contribution in [0.2, 0.25) is 109 Å². The molecule has 12 atom stereocenters. The van der Waals surface area contributed by atoms with Gasteiger partial charge in [-0.1, -0.05) is 129 Å². The molecule has 3 radical (unpaired) electrons. The molecular weight excluding hydrogens is 1590 g/mol. The first-order chi connectivity index (χ1) is 52.8. The van der Waals surface area contributed by atoms with E-state index in [0.717, 1.165) is 23.6 Å². The summed E-state index contributed by atoms with van der Waals surface area (Å²) in [6.07, 6.45) is -4.93. The van der Waals surface area contributed by atoms with E-state index in [0.29, 0.717) is 18.8 Å². The molecule has 12 unspecified atom stereocenters. The van der Waals surface area contributed by atoms with E-state index in [1.807, 2.05) is 55.5 Å². The van der Waals surface area contributed by atoms with Crippen LogP contribution in [0.4, 0.5) is 4.79 Å². The van der Waals surface area contributed by atoms with Crippen LogP contribution in [-0.2, 0) is 82.6 Å². The van der Waals surface area contributed by atoms with Crippen molar-refractivity contribution in [3.05, 3.63) is 59.7 Å². The van der Waals surface area contributed by atoms with Crippen LogP contribution in [0.15, 0.2) is 53.4 Å². The molecule has 0 spiro atoms. The molecule has 25 nitrogen and oxygen atoms in total. The summed E-state index contributed by atoms with van der Waals surface area (Å²) >= 11 is 0. The number of benzene rings is 2.